The van der Waals surface area contributed by atoms with Crippen molar-refractivity contribution in [3.8, 4) is 12.3 Å². The Morgan fingerprint density at radius 3 is 2.44 bits per heavy atom. The van der Waals surface area contributed by atoms with Crippen molar-refractivity contribution in [1.29, 1.82) is 0 Å². The first-order chi connectivity index (χ1) is 7.45. The second-order valence-corrected chi connectivity index (χ2v) is 4.60. The van der Waals surface area contributed by atoms with Gasteiger partial charge in [0.2, 0.25) is 0 Å². The topological polar surface area (TPSA) is 45.7 Å². The number of ether oxygens (including phenoxy) is 1. The van der Waals surface area contributed by atoms with Crippen LogP contribution in [-0.4, -0.2) is 39.3 Å². The van der Waals surface area contributed by atoms with Crippen LogP contribution in [0, 0.1) is 17.8 Å². The quantitative estimate of drug-likeness (QED) is 0.423. The molecule has 0 aromatic rings. The molecule has 0 aliphatic heterocycles. The number of aliphatic imine (C=N–C) groups is 1. The van der Waals surface area contributed by atoms with Crippen molar-refractivity contribution in [2.24, 2.45) is 10.4 Å². The highest BCUT2D eigenvalue weighted by atomic mass is 16.5. The molecule has 0 aromatic carbocycles. The molecule has 0 heterocycles. The predicted octanol–water partition coefficient (Wildman–Crippen LogP) is 0.846. The van der Waals surface area contributed by atoms with Crippen LogP contribution in [0.3, 0.4) is 0 Å². The van der Waals surface area contributed by atoms with Gasteiger partial charge in [-0.25, -0.2) is 0 Å². The Morgan fingerprint density at radius 2 is 2.06 bits per heavy atom. The zero-order valence-corrected chi connectivity index (χ0v) is 10.9. The molecule has 2 N–H and O–H groups in total. The van der Waals surface area contributed by atoms with E-state index < -0.39 is 0 Å². The number of hydrogen-bond acceptors (Lipinski definition) is 2. The maximum atomic E-state index is 5.43. The first-order valence-electron chi connectivity index (χ1n) is 5.36. The van der Waals surface area contributed by atoms with E-state index in [1.807, 2.05) is 0 Å². The molecule has 0 aliphatic carbocycles. The molecule has 1 atom stereocenters. The van der Waals surface area contributed by atoms with Crippen LogP contribution in [0.15, 0.2) is 4.99 Å². The fraction of sp³-hybridized carbons (Fsp3) is 0.750. The Hall–Kier alpha value is -1.21. The third kappa shape index (κ3) is 5.62. The first kappa shape index (κ1) is 14.8. The summed E-state index contributed by atoms with van der Waals surface area (Å²) in [6, 6.07) is 0. The van der Waals surface area contributed by atoms with Crippen molar-refractivity contribution in [1.82, 2.24) is 10.6 Å². The van der Waals surface area contributed by atoms with Crippen molar-refractivity contribution in [3.63, 3.8) is 0 Å². The minimum Gasteiger partial charge on any atom is -0.379 e. The van der Waals surface area contributed by atoms with E-state index in [0.29, 0.717) is 19.0 Å². The molecule has 4 nitrogen and oxygen atoms in total. The van der Waals surface area contributed by atoms with Crippen molar-refractivity contribution < 1.29 is 4.74 Å². The summed E-state index contributed by atoms with van der Waals surface area (Å²) < 4.78 is 5.43. The lowest BCUT2D eigenvalue weighted by Gasteiger charge is -2.29. The van der Waals surface area contributed by atoms with Gasteiger partial charge in [0, 0.05) is 20.7 Å². The number of methoxy groups -OCH3 is 1. The molecule has 4 heteroatoms. The normalized spacial score (nSPS) is 14.1. The molecule has 0 rings (SSSR count). The summed E-state index contributed by atoms with van der Waals surface area (Å²) in [7, 11) is 3.43. The molecular formula is C12H23N3O. The molecule has 0 saturated carbocycles. The van der Waals surface area contributed by atoms with Crippen LogP contribution < -0.4 is 10.6 Å². The minimum absolute atomic E-state index is 0.0900. The summed E-state index contributed by atoms with van der Waals surface area (Å²) in [6.45, 7) is 7.58. The van der Waals surface area contributed by atoms with Crippen molar-refractivity contribution in [2.75, 3.05) is 27.2 Å². The van der Waals surface area contributed by atoms with Crippen molar-refractivity contribution >= 4 is 5.96 Å². The Bertz CT molecular complexity index is 260. The Labute approximate surface area is 98.9 Å². The van der Waals surface area contributed by atoms with E-state index in [1.165, 1.54) is 0 Å². The van der Waals surface area contributed by atoms with Gasteiger partial charge in [-0.05, 0) is 5.41 Å². The van der Waals surface area contributed by atoms with Gasteiger partial charge in [-0.1, -0.05) is 26.7 Å². The monoisotopic (exact) mass is 225 g/mol. The van der Waals surface area contributed by atoms with Crippen LogP contribution in [0.2, 0.25) is 0 Å². The van der Waals surface area contributed by atoms with Crippen LogP contribution in [0.1, 0.15) is 20.8 Å². The second-order valence-electron chi connectivity index (χ2n) is 4.60. The lowest BCUT2D eigenvalue weighted by atomic mass is 9.89. The van der Waals surface area contributed by atoms with Gasteiger partial charge >= 0.3 is 0 Å². The fourth-order valence-corrected chi connectivity index (χ4v) is 1.29. The van der Waals surface area contributed by atoms with Crippen LogP contribution in [0.4, 0.5) is 0 Å². The van der Waals surface area contributed by atoms with Crippen molar-refractivity contribution in [2.45, 2.75) is 26.9 Å². The standard InChI is InChI=1S/C12H23N3O/c1-7-8-14-11(13-5)15-9-10(16-6)12(2,3)4/h1,10H,8-9H2,2-6H3,(H2,13,14,15). The molecule has 1 unspecified atom stereocenters. The Kier molecular flexibility index (Phi) is 6.59. The smallest absolute Gasteiger partial charge is 0.191 e. The highest BCUT2D eigenvalue weighted by Crippen LogP contribution is 2.20. The molecular weight excluding hydrogens is 202 g/mol. The number of nitrogens with zero attached hydrogens (tertiary/aromatic N) is 1. The molecule has 16 heavy (non-hydrogen) atoms. The maximum absolute atomic E-state index is 5.43. The van der Waals surface area contributed by atoms with Crippen LogP contribution >= 0.6 is 0 Å². The van der Waals surface area contributed by atoms with Crippen LogP contribution in [0.5, 0.6) is 0 Å². The molecule has 0 bridgehead atoms. The number of hydrogen-bond donors (Lipinski definition) is 2. The summed E-state index contributed by atoms with van der Waals surface area (Å²) in [4.78, 5) is 4.06. The highest BCUT2D eigenvalue weighted by Gasteiger charge is 2.24. The number of guanidine groups is 1. The maximum Gasteiger partial charge on any atom is 0.191 e. The van der Waals surface area contributed by atoms with E-state index in [9.17, 15) is 0 Å². The van der Waals surface area contributed by atoms with E-state index in [0.717, 1.165) is 0 Å². The Morgan fingerprint density at radius 1 is 1.44 bits per heavy atom. The SMILES string of the molecule is C#CCNC(=NC)NCC(OC)C(C)(C)C. The van der Waals surface area contributed by atoms with E-state index >= 15 is 0 Å². The summed E-state index contributed by atoms with van der Waals surface area (Å²) in [5.41, 5.74) is 0.0900. The fourth-order valence-electron chi connectivity index (χ4n) is 1.29. The van der Waals surface area contributed by atoms with Crippen LogP contribution in [0.25, 0.3) is 0 Å². The van der Waals surface area contributed by atoms with Crippen molar-refractivity contribution in [3.05, 3.63) is 0 Å². The van der Waals surface area contributed by atoms with E-state index in [1.54, 1.807) is 14.2 Å². The summed E-state index contributed by atoms with van der Waals surface area (Å²) >= 11 is 0. The molecule has 0 spiro atoms. The Balaban J connectivity index is 4.15. The van der Waals surface area contributed by atoms with Gasteiger partial charge in [0.15, 0.2) is 5.96 Å². The minimum atomic E-state index is 0.0900. The first-order valence-corrected chi connectivity index (χ1v) is 5.36. The molecule has 0 aliphatic rings. The second kappa shape index (κ2) is 7.13. The average molecular weight is 225 g/mol. The van der Waals surface area contributed by atoms with Gasteiger partial charge in [0.25, 0.3) is 0 Å². The number of rotatable bonds is 4. The average Bonchev–Trinajstić information content (AvgIpc) is 2.21. The number of terminal acetylenes is 1. The molecule has 0 radical (unpaired) electrons. The van der Waals surface area contributed by atoms with Gasteiger partial charge in [-0.2, -0.15) is 0 Å². The molecule has 0 amide bonds. The highest BCUT2D eigenvalue weighted by molar-refractivity contribution is 5.79. The van der Waals surface area contributed by atoms with E-state index in [2.05, 4.69) is 42.3 Å². The van der Waals surface area contributed by atoms with Crippen LogP contribution in [-0.2, 0) is 4.74 Å². The van der Waals surface area contributed by atoms with Gasteiger partial charge in [0.05, 0.1) is 12.6 Å². The van der Waals surface area contributed by atoms with E-state index in [-0.39, 0.29) is 11.5 Å². The lowest BCUT2D eigenvalue weighted by molar-refractivity contribution is 0.0205. The van der Waals surface area contributed by atoms with Gasteiger partial charge < -0.3 is 15.4 Å². The predicted molar refractivity (Wildman–Crippen MR) is 68.4 cm³/mol. The summed E-state index contributed by atoms with van der Waals surface area (Å²) in [6.07, 6.45) is 5.29. The third-order valence-electron chi connectivity index (χ3n) is 2.29. The summed E-state index contributed by atoms with van der Waals surface area (Å²) in [5, 5.41) is 6.18. The molecule has 0 aromatic heterocycles. The van der Waals surface area contributed by atoms with Gasteiger partial charge in [-0.3, -0.25) is 4.99 Å². The van der Waals surface area contributed by atoms with Gasteiger partial charge in [0.1, 0.15) is 0 Å². The zero-order chi connectivity index (χ0) is 12.6. The molecule has 0 saturated heterocycles. The van der Waals surface area contributed by atoms with Gasteiger partial charge in [-0.15, -0.1) is 6.42 Å². The third-order valence-corrected chi connectivity index (χ3v) is 2.29. The molecule has 92 valence electrons. The number of nitrogens with one attached hydrogen (secondary N) is 2. The summed E-state index contributed by atoms with van der Waals surface area (Å²) in [5.74, 6) is 3.20. The molecule has 0 fully saturated rings. The lowest BCUT2D eigenvalue weighted by Crippen LogP contribution is -2.45. The zero-order valence-electron chi connectivity index (χ0n) is 10.9. The van der Waals surface area contributed by atoms with E-state index in [4.69, 9.17) is 11.2 Å². The largest absolute Gasteiger partial charge is 0.379 e.